The second-order valence-electron chi connectivity index (χ2n) is 11.5. The lowest BCUT2D eigenvalue weighted by Crippen LogP contribution is -2.10. The SMILES string of the molecule is CCCCCCOCOc1ccc(N(c2ccc(OCOCCCCCC)cc2)c2ccc(-c3ccc(/C=C(/C#N)C(=O)O)s3)cc2)cc1. The van der Waals surface area contributed by atoms with E-state index in [1.54, 1.807) is 6.07 Å². The van der Waals surface area contributed by atoms with Gasteiger partial charge in [-0.1, -0.05) is 64.5 Å². The summed E-state index contributed by atoms with van der Waals surface area (Å²) in [4.78, 5) is 15.1. The molecule has 0 saturated heterocycles. The van der Waals surface area contributed by atoms with Gasteiger partial charge in [0, 0.05) is 26.8 Å². The second-order valence-corrected chi connectivity index (χ2v) is 12.6. The highest BCUT2D eigenvalue weighted by Gasteiger charge is 2.14. The number of carbonyl (C=O) groups is 1. The largest absolute Gasteiger partial charge is 0.477 e. The Bertz CT molecular complexity index is 1560. The number of aliphatic carboxylic acids is 1. The zero-order valence-electron chi connectivity index (χ0n) is 28.4. The van der Waals surface area contributed by atoms with Crippen LogP contribution in [0.15, 0.2) is 90.5 Å². The van der Waals surface area contributed by atoms with Gasteiger partial charge in [0.2, 0.25) is 0 Å². The summed E-state index contributed by atoms with van der Waals surface area (Å²) in [6.45, 7) is 6.21. The van der Waals surface area contributed by atoms with Gasteiger partial charge >= 0.3 is 5.97 Å². The monoisotopic (exact) mass is 682 g/mol. The molecule has 1 N–H and O–H groups in total. The highest BCUT2D eigenvalue weighted by Crippen LogP contribution is 2.38. The maximum Gasteiger partial charge on any atom is 0.346 e. The number of hydrogen-bond acceptors (Lipinski definition) is 8. The zero-order chi connectivity index (χ0) is 34.7. The fraction of sp³-hybridized carbons (Fsp3) is 0.350. The van der Waals surface area contributed by atoms with Gasteiger partial charge in [-0.2, -0.15) is 5.26 Å². The molecule has 0 aliphatic carbocycles. The van der Waals surface area contributed by atoms with Crippen LogP contribution in [0.25, 0.3) is 16.5 Å². The molecule has 49 heavy (non-hydrogen) atoms. The van der Waals surface area contributed by atoms with E-state index in [1.165, 1.54) is 55.9 Å². The van der Waals surface area contributed by atoms with Crippen molar-refractivity contribution in [3.05, 3.63) is 95.4 Å². The van der Waals surface area contributed by atoms with E-state index in [9.17, 15) is 9.90 Å². The quantitative estimate of drug-likeness (QED) is 0.0378. The van der Waals surface area contributed by atoms with Crippen molar-refractivity contribution in [1.82, 2.24) is 0 Å². The standard InChI is InChI=1S/C40H46N2O6S/c1-3-5-7-9-25-45-29-47-36-19-15-34(16-20-36)42(35-17-21-37(22-18-35)48-30-46-26-10-8-6-4-2)33-13-11-31(12-14-33)39-24-23-38(49-39)27-32(28-41)40(43)44/h11-24,27H,3-10,25-26,29-30H2,1-2H3,(H,43,44)/b32-27-. The molecule has 3 aromatic carbocycles. The van der Waals surface area contributed by atoms with Gasteiger partial charge in [0.1, 0.15) is 23.1 Å². The number of unbranched alkanes of at least 4 members (excludes halogenated alkanes) is 6. The molecule has 0 amide bonds. The molecule has 0 spiro atoms. The Labute approximate surface area is 294 Å². The predicted molar refractivity (Wildman–Crippen MR) is 197 cm³/mol. The summed E-state index contributed by atoms with van der Waals surface area (Å²) in [6.07, 6.45) is 10.7. The van der Waals surface area contributed by atoms with Crippen molar-refractivity contribution in [2.75, 3.05) is 31.7 Å². The number of anilines is 3. The van der Waals surface area contributed by atoms with E-state index in [0.29, 0.717) is 18.1 Å². The third-order valence-corrected chi connectivity index (χ3v) is 8.85. The fourth-order valence-corrected chi connectivity index (χ4v) is 6.03. The van der Waals surface area contributed by atoms with Gasteiger partial charge in [0.05, 0.1) is 13.2 Å². The topological polar surface area (TPSA) is 101 Å². The van der Waals surface area contributed by atoms with E-state index >= 15 is 0 Å². The number of rotatable bonds is 22. The Morgan fingerprint density at radius 3 is 1.65 bits per heavy atom. The van der Waals surface area contributed by atoms with Crippen molar-refractivity contribution in [3.63, 3.8) is 0 Å². The number of ether oxygens (including phenoxy) is 4. The van der Waals surface area contributed by atoms with Gasteiger partial charge in [-0.3, -0.25) is 0 Å². The average Bonchev–Trinajstić information content (AvgIpc) is 3.60. The second kappa shape index (κ2) is 20.7. The Morgan fingerprint density at radius 2 is 1.20 bits per heavy atom. The van der Waals surface area contributed by atoms with E-state index < -0.39 is 5.97 Å². The minimum Gasteiger partial charge on any atom is -0.477 e. The first-order valence-corrected chi connectivity index (χ1v) is 17.8. The lowest BCUT2D eigenvalue weighted by Gasteiger charge is -2.26. The van der Waals surface area contributed by atoms with Crippen LogP contribution in [0.1, 0.15) is 70.1 Å². The first-order valence-electron chi connectivity index (χ1n) is 17.0. The molecule has 0 aliphatic heterocycles. The average molecular weight is 683 g/mol. The number of benzene rings is 3. The molecular formula is C40H46N2O6S. The third kappa shape index (κ3) is 12.1. The normalized spacial score (nSPS) is 11.2. The Kier molecular flexibility index (Phi) is 15.7. The van der Waals surface area contributed by atoms with Gasteiger partial charge < -0.3 is 29.0 Å². The Morgan fingerprint density at radius 1 is 0.714 bits per heavy atom. The summed E-state index contributed by atoms with van der Waals surface area (Å²) in [5.41, 5.74) is 3.54. The predicted octanol–water partition coefficient (Wildman–Crippen LogP) is 10.7. The molecule has 8 nitrogen and oxygen atoms in total. The molecular weight excluding hydrogens is 637 g/mol. The van der Waals surface area contributed by atoms with Crippen molar-refractivity contribution < 1.29 is 28.8 Å². The van der Waals surface area contributed by atoms with Gasteiger partial charge in [-0.25, -0.2) is 4.79 Å². The molecule has 0 atom stereocenters. The van der Waals surface area contributed by atoms with E-state index in [0.717, 1.165) is 51.8 Å². The van der Waals surface area contributed by atoms with Crippen LogP contribution in [0.3, 0.4) is 0 Å². The van der Waals surface area contributed by atoms with Crippen molar-refractivity contribution in [3.8, 4) is 28.0 Å². The van der Waals surface area contributed by atoms with E-state index in [1.807, 2.05) is 72.8 Å². The summed E-state index contributed by atoms with van der Waals surface area (Å²) in [6, 6.07) is 29.5. The van der Waals surface area contributed by atoms with Crippen molar-refractivity contribution in [2.45, 2.75) is 65.2 Å². The number of nitriles is 1. The minimum absolute atomic E-state index is 0.217. The number of carboxylic acid groups (broad SMARTS) is 1. The molecule has 0 saturated carbocycles. The molecule has 0 radical (unpaired) electrons. The number of nitrogens with zero attached hydrogens (tertiary/aromatic N) is 2. The molecule has 4 rings (SSSR count). The van der Waals surface area contributed by atoms with Gasteiger partial charge in [-0.15, -0.1) is 11.3 Å². The van der Waals surface area contributed by atoms with Crippen LogP contribution >= 0.6 is 11.3 Å². The summed E-state index contributed by atoms with van der Waals surface area (Å²) < 4.78 is 23.0. The van der Waals surface area contributed by atoms with Crippen LogP contribution in [0, 0.1) is 11.3 Å². The Balaban J connectivity index is 1.49. The van der Waals surface area contributed by atoms with E-state index in [4.69, 9.17) is 24.2 Å². The van der Waals surface area contributed by atoms with Crippen LogP contribution in [-0.4, -0.2) is 37.9 Å². The van der Waals surface area contributed by atoms with Crippen molar-refractivity contribution in [2.24, 2.45) is 0 Å². The molecule has 0 bridgehead atoms. The van der Waals surface area contributed by atoms with Gasteiger partial charge in [0.25, 0.3) is 0 Å². The summed E-state index contributed by atoms with van der Waals surface area (Å²) >= 11 is 1.43. The lowest BCUT2D eigenvalue weighted by molar-refractivity contribution is -0.132. The van der Waals surface area contributed by atoms with Crippen LogP contribution in [0.4, 0.5) is 17.1 Å². The fourth-order valence-electron chi connectivity index (χ4n) is 5.07. The van der Waals surface area contributed by atoms with Gasteiger partial charge in [0.15, 0.2) is 13.6 Å². The first kappa shape index (κ1) is 37.2. The molecule has 258 valence electrons. The van der Waals surface area contributed by atoms with Crippen molar-refractivity contribution >= 4 is 40.4 Å². The zero-order valence-corrected chi connectivity index (χ0v) is 29.3. The van der Waals surface area contributed by atoms with E-state index in [2.05, 4.69) is 30.9 Å². The molecule has 4 aromatic rings. The molecule has 0 unspecified atom stereocenters. The summed E-state index contributed by atoms with van der Waals surface area (Å²) in [7, 11) is 0. The molecule has 0 aliphatic rings. The summed E-state index contributed by atoms with van der Waals surface area (Å²) in [5, 5.41) is 18.3. The molecule has 0 fully saturated rings. The highest BCUT2D eigenvalue weighted by atomic mass is 32.1. The minimum atomic E-state index is -1.24. The maximum absolute atomic E-state index is 11.3. The summed E-state index contributed by atoms with van der Waals surface area (Å²) in [5.74, 6) is 0.227. The van der Waals surface area contributed by atoms with E-state index in [-0.39, 0.29) is 19.2 Å². The lowest BCUT2D eigenvalue weighted by atomic mass is 10.1. The number of carboxylic acids is 1. The number of hydrogen-bond donors (Lipinski definition) is 1. The molecule has 1 heterocycles. The van der Waals surface area contributed by atoms with Crippen LogP contribution < -0.4 is 14.4 Å². The number of thiophene rings is 1. The Hall–Kier alpha value is -4.62. The maximum atomic E-state index is 11.3. The highest BCUT2D eigenvalue weighted by molar-refractivity contribution is 7.16. The van der Waals surface area contributed by atoms with Crippen LogP contribution in [0.5, 0.6) is 11.5 Å². The third-order valence-electron chi connectivity index (χ3n) is 7.77. The first-order chi connectivity index (χ1) is 24.0. The van der Waals surface area contributed by atoms with Crippen LogP contribution in [0.2, 0.25) is 0 Å². The van der Waals surface area contributed by atoms with Crippen molar-refractivity contribution in [1.29, 1.82) is 5.26 Å². The molecule has 9 heteroatoms. The smallest absolute Gasteiger partial charge is 0.346 e. The molecule has 1 aromatic heterocycles. The van der Waals surface area contributed by atoms with Crippen LogP contribution in [-0.2, 0) is 14.3 Å². The van der Waals surface area contributed by atoms with Gasteiger partial charge in [-0.05, 0) is 97.3 Å².